The van der Waals surface area contributed by atoms with Crippen LogP contribution in [0.3, 0.4) is 0 Å². The molecule has 1 amide bonds. The van der Waals surface area contributed by atoms with Gasteiger partial charge in [-0.2, -0.15) is 0 Å². The summed E-state index contributed by atoms with van der Waals surface area (Å²) in [6.07, 6.45) is 2.04. The number of rotatable bonds is 6. The van der Waals surface area contributed by atoms with Crippen molar-refractivity contribution in [2.24, 2.45) is 5.92 Å². The van der Waals surface area contributed by atoms with Crippen LogP contribution >= 0.6 is 11.6 Å². The number of hydrogen-bond acceptors (Lipinski definition) is 2. The highest BCUT2D eigenvalue weighted by Crippen LogP contribution is 2.21. The fourth-order valence-corrected chi connectivity index (χ4v) is 2.95. The van der Waals surface area contributed by atoms with Crippen molar-refractivity contribution < 1.29 is 9.21 Å². The van der Waals surface area contributed by atoms with Gasteiger partial charge < -0.3 is 9.73 Å². The van der Waals surface area contributed by atoms with Crippen LogP contribution in [-0.2, 0) is 0 Å². The second-order valence-electron chi connectivity index (χ2n) is 5.45. The summed E-state index contributed by atoms with van der Waals surface area (Å²) in [5.41, 5.74) is 1.87. The number of nitrogens with one attached hydrogen (secondary N) is 1. The molecule has 0 aliphatic carbocycles. The van der Waals surface area contributed by atoms with Gasteiger partial charge in [0.2, 0.25) is 0 Å². The summed E-state index contributed by atoms with van der Waals surface area (Å²) >= 11 is 6.33. The molecule has 2 aromatic rings. The van der Waals surface area contributed by atoms with Gasteiger partial charge in [-0.3, -0.25) is 4.79 Å². The molecule has 1 heterocycles. The molecule has 0 spiro atoms. The van der Waals surface area contributed by atoms with Crippen molar-refractivity contribution in [2.45, 2.75) is 39.0 Å². The fraction of sp³-hybridized carbons (Fsp3) is 0.471. The number of carbonyl (C=O) groups is 1. The summed E-state index contributed by atoms with van der Waals surface area (Å²) in [6, 6.07) is 7.63. The average molecular weight is 308 g/mol. The molecular formula is C17H22ClNO2. The van der Waals surface area contributed by atoms with Crippen molar-refractivity contribution >= 4 is 28.5 Å². The molecular weight excluding hydrogens is 286 g/mol. The van der Waals surface area contributed by atoms with Crippen molar-refractivity contribution in [1.82, 2.24) is 5.32 Å². The minimum atomic E-state index is -0.208. The van der Waals surface area contributed by atoms with Gasteiger partial charge in [0.25, 0.3) is 5.91 Å². The van der Waals surface area contributed by atoms with Crippen LogP contribution in [0.5, 0.6) is 0 Å². The Hall–Kier alpha value is -1.48. The highest BCUT2D eigenvalue weighted by atomic mass is 35.5. The Kier molecular flexibility index (Phi) is 5.29. The van der Waals surface area contributed by atoms with Gasteiger partial charge in [-0.1, -0.05) is 38.3 Å². The highest BCUT2D eigenvalue weighted by molar-refractivity contribution is 6.21. The Labute approximate surface area is 130 Å². The van der Waals surface area contributed by atoms with E-state index >= 15 is 0 Å². The maximum Gasteiger partial charge on any atom is 0.287 e. The van der Waals surface area contributed by atoms with Crippen molar-refractivity contribution in [2.75, 3.05) is 6.54 Å². The Morgan fingerprint density at radius 2 is 2.00 bits per heavy atom. The summed E-state index contributed by atoms with van der Waals surface area (Å²) in [6.45, 7) is 6.71. The predicted octanol–water partition coefficient (Wildman–Crippen LogP) is 4.51. The van der Waals surface area contributed by atoms with Gasteiger partial charge in [0, 0.05) is 11.9 Å². The number of amides is 1. The van der Waals surface area contributed by atoms with E-state index in [1.807, 2.05) is 25.1 Å². The number of benzene rings is 1. The number of fused-ring (bicyclic) bond motifs is 1. The second kappa shape index (κ2) is 6.99. The first kappa shape index (κ1) is 15.9. The zero-order valence-electron chi connectivity index (χ0n) is 12.8. The monoisotopic (exact) mass is 307 g/mol. The van der Waals surface area contributed by atoms with Gasteiger partial charge in [0.05, 0.1) is 5.38 Å². The van der Waals surface area contributed by atoms with Gasteiger partial charge in [0.15, 0.2) is 5.76 Å². The molecule has 0 aliphatic heterocycles. The van der Waals surface area contributed by atoms with Crippen LogP contribution in [0.4, 0.5) is 0 Å². The standard InChI is InChI=1S/C17H22ClNO2/c1-4-12(5-2)14(18)10-19-17(20)16-9-13-8-11(3)6-7-15(13)21-16/h6-9,12,14H,4-5,10H2,1-3H3,(H,19,20). The fourth-order valence-electron chi connectivity index (χ4n) is 2.52. The van der Waals surface area contributed by atoms with Crippen LogP contribution in [0, 0.1) is 12.8 Å². The van der Waals surface area contributed by atoms with E-state index in [0.29, 0.717) is 18.2 Å². The number of alkyl halides is 1. The van der Waals surface area contributed by atoms with Gasteiger partial charge in [0.1, 0.15) is 5.58 Å². The van der Waals surface area contributed by atoms with E-state index in [2.05, 4.69) is 19.2 Å². The van der Waals surface area contributed by atoms with Gasteiger partial charge in [-0.25, -0.2) is 0 Å². The predicted molar refractivity (Wildman–Crippen MR) is 87.0 cm³/mol. The summed E-state index contributed by atoms with van der Waals surface area (Å²) < 4.78 is 5.58. The molecule has 3 nitrogen and oxygen atoms in total. The number of furan rings is 1. The number of aryl methyl sites for hydroxylation is 1. The van der Waals surface area contributed by atoms with Crippen LogP contribution < -0.4 is 5.32 Å². The normalized spacial score (nSPS) is 12.8. The van der Waals surface area contributed by atoms with Gasteiger partial charge in [-0.15, -0.1) is 11.6 Å². The lowest BCUT2D eigenvalue weighted by molar-refractivity contribution is 0.0926. The molecule has 1 aromatic carbocycles. The van der Waals surface area contributed by atoms with Crippen molar-refractivity contribution in [3.05, 3.63) is 35.6 Å². The Morgan fingerprint density at radius 1 is 1.29 bits per heavy atom. The Bertz CT molecular complexity index is 616. The average Bonchev–Trinajstić information content (AvgIpc) is 2.89. The van der Waals surface area contributed by atoms with Crippen molar-refractivity contribution in [1.29, 1.82) is 0 Å². The first-order valence-electron chi connectivity index (χ1n) is 7.47. The van der Waals surface area contributed by atoms with E-state index in [1.165, 1.54) is 0 Å². The summed E-state index contributed by atoms with van der Waals surface area (Å²) in [7, 11) is 0. The van der Waals surface area contributed by atoms with Crippen LogP contribution in [0.1, 0.15) is 42.8 Å². The quantitative estimate of drug-likeness (QED) is 0.798. The van der Waals surface area contributed by atoms with Crippen molar-refractivity contribution in [3.63, 3.8) is 0 Å². The Balaban J connectivity index is 2.02. The minimum absolute atomic E-state index is 0.0458. The molecule has 0 aliphatic rings. The summed E-state index contributed by atoms with van der Waals surface area (Å²) in [4.78, 5) is 12.1. The van der Waals surface area contributed by atoms with Crippen LogP contribution in [0.15, 0.2) is 28.7 Å². The molecule has 114 valence electrons. The van der Waals surface area contributed by atoms with Crippen molar-refractivity contribution in [3.8, 4) is 0 Å². The lowest BCUT2D eigenvalue weighted by atomic mass is 9.99. The first-order chi connectivity index (χ1) is 10.0. The largest absolute Gasteiger partial charge is 0.451 e. The maximum atomic E-state index is 12.1. The van der Waals surface area contributed by atoms with Gasteiger partial charge >= 0.3 is 0 Å². The third-order valence-electron chi connectivity index (χ3n) is 3.91. The zero-order valence-corrected chi connectivity index (χ0v) is 13.5. The topological polar surface area (TPSA) is 42.2 Å². The molecule has 2 rings (SSSR count). The highest BCUT2D eigenvalue weighted by Gasteiger charge is 2.18. The Morgan fingerprint density at radius 3 is 2.67 bits per heavy atom. The third-order valence-corrected chi connectivity index (χ3v) is 4.42. The molecule has 0 fully saturated rings. The molecule has 1 aromatic heterocycles. The minimum Gasteiger partial charge on any atom is -0.451 e. The maximum absolute atomic E-state index is 12.1. The summed E-state index contributed by atoms with van der Waals surface area (Å²) in [5.74, 6) is 0.551. The van der Waals surface area contributed by atoms with E-state index in [9.17, 15) is 4.79 Å². The van der Waals surface area contributed by atoms with Crippen LogP contribution in [0.2, 0.25) is 0 Å². The molecule has 1 atom stereocenters. The second-order valence-corrected chi connectivity index (χ2v) is 6.02. The number of halogens is 1. The summed E-state index contributed by atoms with van der Waals surface area (Å²) in [5, 5.41) is 3.76. The molecule has 4 heteroatoms. The molecule has 0 saturated carbocycles. The van der Waals surface area contributed by atoms with Crippen LogP contribution in [-0.4, -0.2) is 17.8 Å². The van der Waals surface area contributed by atoms with E-state index in [0.717, 1.165) is 29.4 Å². The molecule has 21 heavy (non-hydrogen) atoms. The van der Waals surface area contributed by atoms with E-state index in [-0.39, 0.29) is 11.3 Å². The molecule has 0 radical (unpaired) electrons. The van der Waals surface area contributed by atoms with Crippen LogP contribution in [0.25, 0.3) is 11.0 Å². The lowest BCUT2D eigenvalue weighted by Crippen LogP contribution is -2.32. The molecule has 1 N–H and O–H groups in total. The van der Waals surface area contributed by atoms with Gasteiger partial charge in [-0.05, 0) is 31.0 Å². The molecule has 0 bridgehead atoms. The third kappa shape index (κ3) is 3.79. The number of hydrogen-bond donors (Lipinski definition) is 1. The molecule has 1 unspecified atom stereocenters. The lowest BCUT2D eigenvalue weighted by Gasteiger charge is -2.19. The van der Waals surface area contributed by atoms with E-state index in [1.54, 1.807) is 6.07 Å². The smallest absolute Gasteiger partial charge is 0.287 e. The zero-order chi connectivity index (χ0) is 15.4. The number of carbonyl (C=O) groups excluding carboxylic acids is 1. The first-order valence-corrected chi connectivity index (χ1v) is 7.91. The van der Waals surface area contributed by atoms with E-state index < -0.39 is 0 Å². The van der Waals surface area contributed by atoms with E-state index in [4.69, 9.17) is 16.0 Å². The molecule has 0 saturated heterocycles. The SMILES string of the molecule is CCC(CC)C(Cl)CNC(=O)c1cc2cc(C)ccc2o1.